The molecule has 0 saturated heterocycles. The average molecular weight is 558 g/mol. The lowest BCUT2D eigenvalue weighted by Crippen LogP contribution is -2.47. The van der Waals surface area contributed by atoms with E-state index in [1.54, 1.807) is 4.90 Å². The fourth-order valence-corrected chi connectivity index (χ4v) is 5.80. The second kappa shape index (κ2) is 12.0. The molecule has 5 rings (SSSR count). The van der Waals surface area contributed by atoms with E-state index in [4.69, 9.17) is 0 Å². The molecule has 0 radical (unpaired) electrons. The van der Waals surface area contributed by atoms with Gasteiger partial charge in [-0.1, -0.05) is 43.2 Å². The van der Waals surface area contributed by atoms with Gasteiger partial charge in [0.2, 0.25) is 11.7 Å². The molecule has 1 N–H and O–H groups in total. The van der Waals surface area contributed by atoms with E-state index >= 15 is 0 Å². The van der Waals surface area contributed by atoms with Crippen molar-refractivity contribution in [2.24, 2.45) is 0 Å². The number of carbonyl (C=O) groups excluding carboxylic acids is 2. The summed E-state index contributed by atoms with van der Waals surface area (Å²) >= 11 is 1.51. The third kappa shape index (κ3) is 5.91. The van der Waals surface area contributed by atoms with Crippen molar-refractivity contribution in [2.75, 3.05) is 23.9 Å². The van der Waals surface area contributed by atoms with Crippen LogP contribution in [0.1, 0.15) is 48.4 Å². The van der Waals surface area contributed by atoms with Crippen molar-refractivity contribution in [3.63, 3.8) is 0 Å². The van der Waals surface area contributed by atoms with Crippen molar-refractivity contribution in [2.45, 2.75) is 58.2 Å². The van der Waals surface area contributed by atoms with Crippen molar-refractivity contribution >= 4 is 34.5 Å². The number of rotatable bonds is 9. The molecule has 2 heterocycles. The first-order valence-electron chi connectivity index (χ1n) is 13.6. The Morgan fingerprint density at radius 3 is 2.48 bits per heavy atom. The van der Waals surface area contributed by atoms with Crippen molar-refractivity contribution in [1.29, 1.82) is 0 Å². The Morgan fingerprint density at radius 2 is 1.80 bits per heavy atom. The molecule has 1 unspecified atom stereocenters. The molecule has 9 nitrogen and oxygen atoms in total. The maximum Gasteiger partial charge on any atom is 0.251 e. The van der Waals surface area contributed by atoms with Gasteiger partial charge in [0, 0.05) is 31.5 Å². The smallest absolute Gasteiger partial charge is 0.251 e. The number of hydrogen-bond acceptors (Lipinski definition) is 7. The summed E-state index contributed by atoms with van der Waals surface area (Å²) in [7, 11) is 3.95. The molecule has 0 bridgehead atoms. The third-order valence-electron chi connectivity index (χ3n) is 7.51. The predicted octanol–water partition coefficient (Wildman–Crippen LogP) is 4.92. The minimum absolute atomic E-state index is 0.108. The van der Waals surface area contributed by atoms with E-state index in [1.165, 1.54) is 16.1 Å². The minimum atomic E-state index is -0.870. The monoisotopic (exact) mass is 557 g/mol. The van der Waals surface area contributed by atoms with E-state index in [2.05, 4.69) is 20.7 Å². The van der Waals surface area contributed by atoms with Crippen LogP contribution in [0.3, 0.4) is 0 Å². The maximum atomic E-state index is 14.2. The molecular weight excluding hydrogens is 522 g/mol. The van der Waals surface area contributed by atoms with Gasteiger partial charge in [-0.3, -0.25) is 14.5 Å². The zero-order chi connectivity index (χ0) is 28.2. The Hall–Kier alpha value is -4.05. The van der Waals surface area contributed by atoms with E-state index < -0.39 is 6.04 Å². The van der Waals surface area contributed by atoms with Gasteiger partial charge < -0.3 is 10.2 Å². The number of nitrogens with zero attached hydrogens (tertiary/aromatic N) is 6. The molecule has 1 fully saturated rings. The zero-order valence-electron chi connectivity index (χ0n) is 23.4. The van der Waals surface area contributed by atoms with Gasteiger partial charge in [-0.25, -0.2) is 0 Å². The number of benzene rings is 2. The molecule has 2 aromatic carbocycles. The molecule has 1 aliphatic rings. The number of thiophene rings is 1. The van der Waals surface area contributed by atoms with E-state index in [-0.39, 0.29) is 24.4 Å². The first-order valence-corrected chi connectivity index (χ1v) is 14.5. The van der Waals surface area contributed by atoms with Gasteiger partial charge >= 0.3 is 0 Å². The van der Waals surface area contributed by atoms with Crippen LogP contribution in [0.15, 0.2) is 60.0 Å². The number of carbonyl (C=O) groups is 2. The number of tetrazole rings is 1. The lowest BCUT2D eigenvalue weighted by molar-refractivity contribution is -0.127. The first-order chi connectivity index (χ1) is 19.3. The zero-order valence-corrected chi connectivity index (χ0v) is 24.2. The molecule has 1 aliphatic carbocycles. The number of aryl methyl sites for hydroxylation is 1. The summed E-state index contributed by atoms with van der Waals surface area (Å²) in [6, 6.07) is 16.7. The highest BCUT2D eigenvalue weighted by molar-refractivity contribution is 7.13. The van der Waals surface area contributed by atoms with Gasteiger partial charge in [-0.05, 0) is 78.2 Å². The topological polar surface area (TPSA) is 96.2 Å². The Morgan fingerprint density at radius 1 is 1.05 bits per heavy atom. The van der Waals surface area contributed by atoms with Crippen LogP contribution < -0.4 is 15.1 Å². The van der Waals surface area contributed by atoms with Crippen molar-refractivity contribution < 1.29 is 9.59 Å². The molecule has 1 atom stereocenters. The van der Waals surface area contributed by atoms with Crippen LogP contribution in [-0.2, 0) is 16.1 Å². The van der Waals surface area contributed by atoms with Crippen molar-refractivity contribution in [3.8, 4) is 10.7 Å². The second-order valence-electron chi connectivity index (χ2n) is 10.5. The number of nitrogens with one attached hydrogen (secondary N) is 1. The summed E-state index contributed by atoms with van der Waals surface area (Å²) in [5.74, 6) is -0.0208. The van der Waals surface area contributed by atoms with Gasteiger partial charge in [-0.2, -0.15) is 4.80 Å². The molecule has 0 aliphatic heterocycles. The second-order valence-corrected chi connectivity index (χ2v) is 11.4. The summed E-state index contributed by atoms with van der Waals surface area (Å²) in [4.78, 5) is 34.1. The van der Waals surface area contributed by atoms with E-state index in [1.807, 2.05) is 92.8 Å². The maximum absolute atomic E-state index is 14.2. The number of aromatic nitrogens is 4. The summed E-state index contributed by atoms with van der Waals surface area (Å²) in [6.07, 6.45) is 4.09. The predicted molar refractivity (Wildman–Crippen MR) is 158 cm³/mol. The fourth-order valence-electron chi connectivity index (χ4n) is 5.15. The molecular formula is C30H35N7O2S. The van der Waals surface area contributed by atoms with E-state index in [0.29, 0.717) is 11.5 Å². The normalized spacial score (nSPS) is 14.2. The lowest BCUT2D eigenvalue weighted by Gasteiger charge is -2.33. The molecule has 0 spiro atoms. The van der Waals surface area contributed by atoms with Crippen LogP contribution in [0.5, 0.6) is 0 Å². The molecule has 1 saturated carbocycles. The Kier molecular flexibility index (Phi) is 8.25. The van der Waals surface area contributed by atoms with Crippen LogP contribution in [0, 0.1) is 13.8 Å². The van der Waals surface area contributed by atoms with Gasteiger partial charge in [0.25, 0.3) is 5.91 Å². The Labute approximate surface area is 238 Å². The first kappa shape index (κ1) is 27.5. The van der Waals surface area contributed by atoms with Crippen LogP contribution in [-0.4, -0.2) is 52.2 Å². The Bertz CT molecular complexity index is 1460. The highest BCUT2D eigenvalue weighted by atomic mass is 32.1. The molecule has 2 aromatic heterocycles. The quantitative estimate of drug-likeness (QED) is 0.314. The third-order valence-corrected chi connectivity index (χ3v) is 8.37. The summed E-state index contributed by atoms with van der Waals surface area (Å²) in [5.41, 5.74) is 4.40. The highest BCUT2D eigenvalue weighted by Gasteiger charge is 2.35. The van der Waals surface area contributed by atoms with Crippen LogP contribution in [0.25, 0.3) is 10.7 Å². The molecule has 10 heteroatoms. The SMILES string of the molecule is Cc1cccc(N(C(=O)Cn2nnc(-c3cccs3)n2)C(C(=O)NC2CCCC2)c2ccc(N(C)C)cc2)c1C. The van der Waals surface area contributed by atoms with E-state index in [9.17, 15) is 9.59 Å². The highest BCUT2D eigenvalue weighted by Crippen LogP contribution is 2.33. The molecule has 40 heavy (non-hydrogen) atoms. The minimum Gasteiger partial charge on any atom is -0.378 e. The van der Waals surface area contributed by atoms with Crippen molar-refractivity contribution in [3.05, 3.63) is 76.7 Å². The van der Waals surface area contributed by atoms with Crippen molar-refractivity contribution in [1.82, 2.24) is 25.5 Å². The number of anilines is 2. The molecule has 4 aromatic rings. The van der Waals surface area contributed by atoms with Crippen LogP contribution in [0.4, 0.5) is 11.4 Å². The average Bonchev–Trinajstić information content (AvgIpc) is 3.72. The van der Waals surface area contributed by atoms with Crippen LogP contribution >= 0.6 is 11.3 Å². The molecule has 2 amide bonds. The summed E-state index contributed by atoms with van der Waals surface area (Å²) in [5, 5.41) is 17.9. The fraction of sp³-hybridized carbons (Fsp3) is 0.367. The molecule has 208 valence electrons. The number of amides is 2. The largest absolute Gasteiger partial charge is 0.378 e. The van der Waals surface area contributed by atoms with Gasteiger partial charge in [-0.15, -0.1) is 21.5 Å². The van der Waals surface area contributed by atoms with Gasteiger partial charge in [0.05, 0.1) is 4.88 Å². The van der Waals surface area contributed by atoms with Gasteiger partial charge in [0.15, 0.2) is 0 Å². The lowest BCUT2D eigenvalue weighted by atomic mass is 9.99. The standard InChI is InChI=1S/C30H35N7O2S/c1-20-9-7-12-25(21(20)2)37(27(38)19-36-33-29(32-34-36)26-13-8-18-40-26)28(30(39)31-23-10-5-6-11-23)22-14-16-24(17-15-22)35(3)4/h7-9,12-18,23,28H,5-6,10-11,19H2,1-4H3,(H,31,39). The summed E-state index contributed by atoms with van der Waals surface area (Å²) in [6.45, 7) is 3.83. The van der Waals surface area contributed by atoms with Crippen LogP contribution in [0.2, 0.25) is 0 Å². The van der Waals surface area contributed by atoms with Gasteiger partial charge in [0.1, 0.15) is 12.6 Å². The van der Waals surface area contributed by atoms with E-state index in [0.717, 1.165) is 52.9 Å². The summed E-state index contributed by atoms with van der Waals surface area (Å²) < 4.78 is 0. The number of hydrogen-bond donors (Lipinski definition) is 1. The Balaban J connectivity index is 1.56.